The number of benzene rings is 1. The molecular weight excluding hydrogens is 322 g/mol. The predicted octanol–water partition coefficient (Wildman–Crippen LogP) is 4.32. The van der Waals surface area contributed by atoms with E-state index < -0.39 is 0 Å². The monoisotopic (exact) mass is 351 g/mol. The van der Waals surface area contributed by atoms with Crippen molar-refractivity contribution in [3.05, 3.63) is 47.0 Å². The van der Waals surface area contributed by atoms with Crippen LogP contribution in [-0.4, -0.2) is 35.1 Å². The van der Waals surface area contributed by atoms with Crippen LogP contribution < -0.4 is 0 Å². The maximum absolute atomic E-state index is 12.3. The molecule has 1 aromatic rings. The Morgan fingerprint density at radius 3 is 2.65 bits per heavy atom. The van der Waals surface area contributed by atoms with Crippen LogP contribution in [0.1, 0.15) is 69.9 Å². The zero-order valence-electron chi connectivity index (χ0n) is 16.1. The SMILES string of the molecule is CC(C)(C)c1ccc(C2C[C@@H]3C[C@@]4(OC(=O)C=C24)[C@H]2CCCCN32)cc1. The molecule has 0 amide bonds. The lowest BCUT2D eigenvalue weighted by Gasteiger charge is -2.39. The van der Waals surface area contributed by atoms with Crippen molar-refractivity contribution < 1.29 is 9.53 Å². The van der Waals surface area contributed by atoms with Crippen molar-refractivity contribution in [2.24, 2.45) is 0 Å². The van der Waals surface area contributed by atoms with E-state index >= 15 is 0 Å². The zero-order chi connectivity index (χ0) is 18.1. The molecule has 4 atom stereocenters. The number of fused-ring (bicyclic) bond motifs is 3. The minimum absolute atomic E-state index is 0.121. The van der Waals surface area contributed by atoms with E-state index in [2.05, 4.69) is 49.9 Å². The van der Waals surface area contributed by atoms with Crippen LogP contribution in [0.4, 0.5) is 0 Å². The van der Waals surface area contributed by atoms with E-state index in [0.717, 1.165) is 25.8 Å². The molecule has 3 aliphatic heterocycles. The van der Waals surface area contributed by atoms with Crippen molar-refractivity contribution >= 4 is 5.97 Å². The maximum atomic E-state index is 12.3. The highest BCUT2D eigenvalue weighted by molar-refractivity contribution is 5.88. The molecule has 5 rings (SSSR count). The molecule has 0 radical (unpaired) electrons. The van der Waals surface area contributed by atoms with Gasteiger partial charge in [-0.1, -0.05) is 51.5 Å². The largest absolute Gasteiger partial charge is 0.450 e. The molecule has 1 saturated carbocycles. The van der Waals surface area contributed by atoms with E-state index in [-0.39, 0.29) is 17.0 Å². The Labute approximate surface area is 156 Å². The van der Waals surface area contributed by atoms with Gasteiger partial charge in [0.05, 0.1) is 6.04 Å². The molecule has 0 N–H and O–H groups in total. The summed E-state index contributed by atoms with van der Waals surface area (Å²) in [6.07, 6.45) is 7.65. The standard InChI is InChI=1S/C23H29NO2/c1-22(2,3)16-9-7-15(8-10-16)18-12-17-14-23(19(18)13-21(25)26-23)20-6-4-5-11-24(17)20/h7-10,13,17-18,20H,4-6,11-12,14H2,1-3H3/t17-,18?,20-,23+/m1/s1. The van der Waals surface area contributed by atoms with Gasteiger partial charge >= 0.3 is 5.97 Å². The van der Waals surface area contributed by atoms with E-state index in [1.807, 2.05) is 6.08 Å². The zero-order valence-corrected chi connectivity index (χ0v) is 16.1. The van der Waals surface area contributed by atoms with E-state index in [1.165, 1.54) is 29.5 Å². The number of hydrogen-bond acceptors (Lipinski definition) is 3. The van der Waals surface area contributed by atoms with Crippen molar-refractivity contribution in [2.45, 2.75) is 81.9 Å². The molecule has 3 heteroatoms. The molecule has 2 bridgehead atoms. The van der Waals surface area contributed by atoms with Gasteiger partial charge in [0.2, 0.25) is 0 Å². The van der Waals surface area contributed by atoms with Gasteiger partial charge in [0.15, 0.2) is 5.60 Å². The van der Waals surface area contributed by atoms with Crippen LogP contribution >= 0.6 is 0 Å². The summed E-state index contributed by atoms with van der Waals surface area (Å²) >= 11 is 0. The molecule has 0 aromatic heterocycles. The topological polar surface area (TPSA) is 29.5 Å². The van der Waals surface area contributed by atoms with Crippen LogP contribution in [-0.2, 0) is 14.9 Å². The summed E-state index contributed by atoms with van der Waals surface area (Å²) in [4.78, 5) is 15.0. The van der Waals surface area contributed by atoms with Crippen molar-refractivity contribution in [3.8, 4) is 0 Å². The second-order valence-corrected chi connectivity index (χ2v) is 9.68. The van der Waals surface area contributed by atoms with Crippen molar-refractivity contribution in [1.29, 1.82) is 0 Å². The number of nitrogens with zero attached hydrogens (tertiary/aromatic N) is 1. The molecule has 1 unspecified atom stereocenters. The van der Waals surface area contributed by atoms with E-state index in [1.54, 1.807) is 0 Å². The minimum Gasteiger partial charge on any atom is -0.450 e. The third kappa shape index (κ3) is 2.26. The van der Waals surface area contributed by atoms with Gasteiger partial charge in [-0.25, -0.2) is 4.79 Å². The summed E-state index contributed by atoms with van der Waals surface area (Å²) in [5.41, 5.74) is 3.79. The summed E-state index contributed by atoms with van der Waals surface area (Å²) < 4.78 is 6.07. The predicted molar refractivity (Wildman–Crippen MR) is 102 cm³/mol. The smallest absolute Gasteiger partial charge is 0.331 e. The first kappa shape index (κ1) is 16.6. The minimum atomic E-state index is -0.339. The van der Waals surface area contributed by atoms with Gasteiger partial charge in [-0.3, -0.25) is 4.90 Å². The van der Waals surface area contributed by atoms with Crippen LogP contribution in [0.2, 0.25) is 0 Å². The summed E-state index contributed by atoms with van der Waals surface area (Å²) in [6, 6.07) is 10.1. The van der Waals surface area contributed by atoms with Crippen molar-refractivity contribution in [2.75, 3.05) is 6.54 Å². The highest BCUT2D eigenvalue weighted by Crippen LogP contribution is 2.58. The summed E-state index contributed by atoms with van der Waals surface area (Å²) in [5, 5.41) is 0. The van der Waals surface area contributed by atoms with Gasteiger partial charge < -0.3 is 4.74 Å². The number of ether oxygens (including phenoxy) is 1. The molecule has 26 heavy (non-hydrogen) atoms. The molecule has 1 aliphatic carbocycles. The number of piperidine rings is 1. The molecule has 3 fully saturated rings. The van der Waals surface area contributed by atoms with E-state index in [9.17, 15) is 4.79 Å². The van der Waals surface area contributed by atoms with Gasteiger partial charge in [-0.2, -0.15) is 0 Å². The lowest BCUT2D eigenvalue weighted by atomic mass is 9.69. The number of carbonyl (C=O) groups is 1. The fourth-order valence-electron chi connectivity index (χ4n) is 5.98. The molecule has 3 heterocycles. The first-order chi connectivity index (χ1) is 12.4. The third-order valence-corrected chi connectivity index (χ3v) is 7.20. The average molecular weight is 351 g/mol. The van der Waals surface area contributed by atoms with Gasteiger partial charge in [0.25, 0.3) is 0 Å². The molecule has 1 spiro atoms. The fourth-order valence-corrected chi connectivity index (χ4v) is 5.98. The Kier molecular flexibility index (Phi) is 3.47. The van der Waals surface area contributed by atoms with E-state index in [4.69, 9.17) is 4.74 Å². The second kappa shape index (κ2) is 5.45. The summed E-state index contributed by atoms with van der Waals surface area (Å²) in [6.45, 7) is 7.92. The van der Waals surface area contributed by atoms with Crippen LogP contribution in [0.15, 0.2) is 35.9 Å². The summed E-state index contributed by atoms with van der Waals surface area (Å²) in [5.74, 6) is 0.198. The first-order valence-electron chi connectivity index (χ1n) is 10.2. The Morgan fingerprint density at radius 2 is 1.92 bits per heavy atom. The van der Waals surface area contributed by atoms with E-state index in [0.29, 0.717) is 18.0 Å². The van der Waals surface area contributed by atoms with Gasteiger partial charge in [0, 0.05) is 24.5 Å². The van der Waals surface area contributed by atoms with Crippen LogP contribution in [0.3, 0.4) is 0 Å². The van der Waals surface area contributed by atoms with Gasteiger partial charge in [0.1, 0.15) is 0 Å². The van der Waals surface area contributed by atoms with Crippen LogP contribution in [0.25, 0.3) is 0 Å². The second-order valence-electron chi connectivity index (χ2n) is 9.68. The van der Waals surface area contributed by atoms with Crippen molar-refractivity contribution in [3.63, 3.8) is 0 Å². The van der Waals surface area contributed by atoms with Gasteiger partial charge in [-0.15, -0.1) is 0 Å². The Hall–Kier alpha value is -1.61. The Balaban J connectivity index is 1.55. The molecule has 138 valence electrons. The quantitative estimate of drug-likeness (QED) is 0.706. The lowest BCUT2D eigenvalue weighted by Crippen LogP contribution is -2.48. The average Bonchev–Trinajstić information content (AvgIpc) is 3.09. The van der Waals surface area contributed by atoms with Crippen molar-refractivity contribution in [1.82, 2.24) is 4.90 Å². The summed E-state index contributed by atoms with van der Waals surface area (Å²) in [7, 11) is 0. The molecule has 4 aliphatic rings. The van der Waals surface area contributed by atoms with Crippen LogP contribution in [0.5, 0.6) is 0 Å². The highest BCUT2D eigenvalue weighted by Gasteiger charge is 2.63. The molecule has 3 nitrogen and oxygen atoms in total. The number of rotatable bonds is 1. The number of carbonyl (C=O) groups excluding carboxylic acids is 1. The normalized spacial score (nSPS) is 36.3. The lowest BCUT2D eigenvalue weighted by molar-refractivity contribution is -0.148. The molecular formula is C23H29NO2. The maximum Gasteiger partial charge on any atom is 0.331 e. The van der Waals surface area contributed by atoms with Crippen LogP contribution in [0, 0.1) is 0 Å². The molecule has 1 aromatic carbocycles. The Bertz CT molecular complexity index is 772. The first-order valence-corrected chi connectivity index (χ1v) is 10.2. The third-order valence-electron chi connectivity index (χ3n) is 7.20. The molecule has 2 saturated heterocycles. The number of esters is 1. The van der Waals surface area contributed by atoms with Gasteiger partial charge in [-0.05, 0) is 47.9 Å². The fraction of sp³-hybridized carbons (Fsp3) is 0.609. The number of hydrogen-bond donors (Lipinski definition) is 0. The Morgan fingerprint density at radius 1 is 1.15 bits per heavy atom. The highest BCUT2D eigenvalue weighted by atomic mass is 16.6.